The minimum Gasteiger partial charge on any atom is -0.390 e. The van der Waals surface area contributed by atoms with Crippen LogP contribution in [0.4, 0.5) is 5.82 Å². The lowest BCUT2D eigenvalue weighted by Gasteiger charge is -2.26. The number of imidazole rings is 1. The number of anilines is 1. The number of hydrogen-bond donors (Lipinski definition) is 3. The highest BCUT2D eigenvalue weighted by molar-refractivity contribution is 8.67. The van der Waals surface area contributed by atoms with Crippen LogP contribution in [0.3, 0.4) is 0 Å². The van der Waals surface area contributed by atoms with Crippen LogP contribution in [0.1, 0.15) is 26.3 Å². The third-order valence-corrected chi connectivity index (χ3v) is 11.5. The van der Waals surface area contributed by atoms with E-state index in [9.17, 15) is 10.2 Å². The molecule has 2 aromatic heterocycles. The van der Waals surface area contributed by atoms with Gasteiger partial charge in [-0.15, -0.1) is 0 Å². The van der Waals surface area contributed by atoms with E-state index < -0.39 is 29.4 Å². The van der Waals surface area contributed by atoms with Gasteiger partial charge in [0.1, 0.15) is 11.6 Å². The second-order valence-corrected chi connectivity index (χ2v) is 13.9. The molecule has 2 saturated carbocycles. The van der Waals surface area contributed by atoms with Crippen molar-refractivity contribution in [2.75, 3.05) is 24.7 Å². The van der Waals surface area contributed by atoms with Gasteiger partial charge in [0.05, 0.1) is 31.7 Å². The lowest BCUT2D eigenvalue weighted by atomic mass is 10.0. The molecule has 2 aliphatic rings. The molecule has 0 aliphatic heterocycles. The van der Waals surface area contributed by atoms with Crippen molar-refractivity contribution in [3.63, 3.8) is 0 Å². The summed E-state index contributed by atoms with van der Waals surface area (Å²) in [4.78, 5) is 12.4. The van der Waals surface area contributed by atoms with Crippen molar-refractivity contribution in [2.24, 2.45) is 11.3 Å². The Hall–Kier alpha value is -0.520. The lowest BCUT2D eigenvalue weighted by Crippen LogP contribution is -2.35. The van der Waals surface area contributed by atoms with Crippen molar-refractivity contribution in [2.45, 2.75) is 38.5 Å². The largest absolute Gasteiger partial charge is 0.390 e. The highest BCUT2D eigenvalue weighted by Gasteiger charge is 2.71. The van der Waals surface area contributed by atoms with E-state index in [0.717, 1.165) is 6.42 Å². The molecule has 0 spiro atoms. The molecule has 0 bridgehead atoms. The van der Waals surface area contributed by atoms with Crippen LogP contribution < -0.4 is 5.73 Å². The first-order chi connectivity index (χ1) is 13.8. The highest BCUT2D eigenvalue weighted by Crippen LogP contribution is 2.72. The van der Waals surface area contributed by atoms with Gasteiger partial charge in [-0.1, -0.05) is 11.4 Å². The average Bonchev–Trinajstić information content (AvgIpc) is 3.16. The van der Waals surface area contributed by atoms with Crippen LogP contribution in [0, 0.1) is 11.3 Å². The molecule has 160 valence electrons. The fraction of sp³-hybridized carbons (Fsp3) is 0.688. The molecule has 4 N–H and O–H groups in total. The van der Waals surface area contributed by atoms with Crippen LogP contribution in [0.15, 0.2) is 6.33 Å². The van der Waals surface area contributed by atoms with Gasteiger partial charge in [0.15, 0.2) is 11.5 Å². The molecule has 0 saturated heterocycles. The van der Waals surface area contributed by atoms with E-state index in [4.69, 9.17) is 38.2 Å². The maximum Gasteiger partial charge on any atom is 0.247 e. The Morgan fingerprint density at radius 3 is 2.72 bits per heavy atom. The van der Waals surface area contributed by atoms with Crippen molar-refractivity contribution in [3.05, 3.63) is 11.6 Å². The maximum absolute atomic E-state index is 10.9. The molecule has 2 heterocycles. The number of aliphatic hydroxyl groups is 2. The monoisotopic (exact) mass is 479 g/mol. The van der Waals surface area contributed by atoms with Crippen LogP contribution >= 0.6 is 28.7 Å². The normalized spacial score (nSPS) is 31.3. The number of halogens is 1. The summed E-state index contributed by atoms with van der Waals surface area (Å²) in [6, 6.07) is -0.391. The Kier molecular flexibility index (Phi) is 5.89. The van der Waals surface area contributed by atoms with Crippen LogP contribution in [-0.2, 0) is 20.9 Å². The van der Waals surface area contributed by atoms with E-state index in [1.807, 2.05) is 13.8 Å². The summed E-state index contributed by atoms with van der Waals surface area (Å²) < 4.78 is 13.1. The van der Waals surface area contributed by atoms with Crippen LogP contribution in [0.5, 0.6) is 0 Å². The molecule has 0 aromatic carbocycles. The van der Waals surface area contributed by atoms with E-state index in [0.29, 0.717) is 30.1 Å². The van der Waals surface area contributed by atoms with Gasteiger partial charge in [0, 0.05) is 11.2 Å². The summed E-state index contributed by atoms with van der Waals surface area (Å²) in [6.45, 7) is 4.70. The Morgan fingerprint density at radius 1 is 1.38 bits per heavy atom. The molecule has 4 rings (SSSR count). The third-order valence-electron chi connectivity index (χ3n) is 5.66. The SMILES string of the molecule is CCOP(=S)(OCC)SC[C@]12C[C@@H]1[C@@H](n1cnc3c(N)nc(Cl)nc31)[C@H](O)[C@@H]2O. The lowest BCUT2D eigenvalue weighted by molar-refractivity contribution is -0.0126. The molecule has 2 aromatic rings. The fourth-order valence-corrected chi connectivity index (χ4v) is 9.59. The fourth-order valence-electron chi connectivity index (χ4n) is 4.28. The molecule has 2 aliphatic carbocycles. The van der Waals surface area contributed by atoms with Gasteiger partial charge >= 0.3 is 0 Å². The second kappa shape index (κ2) is 7.87. The van der Waals surface area contributed by atoms with Crippen molar-refractivity contribution >= 4 is 57.5 Å². The summed E-state index contributed by atoms with van der Waals surface area (Å²) in [5.74, 6) is 0.770. The molecule has 5 atom stereocenters. The van der Waals surface area contributed by atoms with Gasteiger partial charge in [-0.2, -0.15) is 9.97 Å². The summed E-state index contributed by atoms with van der Waals surface area (Å²) in [7, 11) is 0. The molecule has 13 heteroatoms. The molecule has 9 nitrogen and oxygen atoms in total. The standard InChI is InChI=1S/C16H23ClN5O4PS2/c1-3-25-27(28,26-4-2)29-6-16-5-8(16)10(11(23)12(16)24)22-7-19-9-13(18)20-15(17)21-14(9)22/h7-8,10-12,23-24H,3-6H2,1-2H3,(H2,18,20,21)/t8-,10-,11+,12+,16-/m1/s1. The van der Waals surface area contributed by atoms with Crippen molar-refractivity contribution in [1.82, 2.24) is 19.5 Å². The Balaban J connectivity index is 1.60. The van der Waals surface area contributed by atoms with Crippen LogP contribution in [0.25, 0.3) is 11.2 Å². The second-order valence-electron chi connectivity index (χ2n) is 7.23. The van der Waals surface area contributed by atoms with Gasteiger partial charge in [-0.25, -0.2) is 4.98 Å². The molecule has 2 fully saturated rings. The number of rotatable bonds is 8. The zero-order chi connectivity index (χ0) is 21.0. The smallest absolute Gasteiger partial charge is 0.247 e. The van der Waals surface area contributed by atoms with Gasteiger partial charge in [-0.05, 0) is 49.6 Å². The predicted molar refractivity (Wildman–Crippen MR) is 116 cm³/mol. The van der Waals surface area contributed by atoms with Crippen molar-refractivity contribution in [1.29, 1.82) is 0 Å². The van der Waals surface area contributed by atoms with Crippen molar-refractivity contribution in [3.8, 4) is 0 Å². The number of hydrogen-bond acceptors (Lipinski definition) is 10. The quantitative estimate of drug-likeness (QED) is 0.383. The first-order valence-corrected chi connectivity index (χ1v) is 13.9. The molecular weight excluding hydrogens is 457 g/mol. The van der Waals surface area contributed by atoms with Crippen molar-refractivity contribution < 1.29 is 19.3 Å². The summed E-state index contributed by atoms with van der Waals surface area (Å²) in [5.41, 5.74) is 3.83. The number of nitrogen functional groups attached to an aromatic ring is 1. The minimum absolute atomic E-state index is 0.0107. The number of fused-ring (bicyclic) bond motifs is 2. The Morgan fingerprint density at radius 2 is 2.07 bits per heavy atom. The van der Waals surface area contributed by atoms with E-state index in [-0.39, 0.29) is 17.0 Å². The van der Waals surface area contributed by atoms with E-state index in [1.165, 1.54) is 11.4 Å². The molecule has 0 radical (unpaired) electrons. The summed E-state index contributed by atoms with van der Waals surface area (Å²) in [6.07, 6.45) is 0.450. The average molecular weight is 480 g/mol. The first kappa shape index (κ1) is 21.7. The number of aliphatic hydroxyl groups excluding tert-OH is 2. The zero-order valence-electron chi connectivity index (χ0n) is 15.9. The van der Waals surface area contributed by atoms with E-state index >= 15 is 0 Å². The highest BCUT2D eigenvalue weighted by atomic mass is 35.5. The van der Waals surface area contributed by atoms with Gasteiger partial charge in [0.2, 0.25) is 11.0 Å². The molecule has 0 amide bonds. The summed E-state index contributed by atoms with van der Waals surface area (Å²) in [5, 5.41) is 21.7. The Bertz CT molecular complexity index is 970. The molecule has 0 unspecified atom stereocenters. The predicted octanol–water partition coefficient (Wildman–Crippen LogP) is 2.38. The molecular formula is C16H23ClN5O4PS2. The zero-order valence-corrected chi connectivity index (χ0v) is 19.2. The minimum atomic E-state index is -2.48. The third kappa shape index (κ3) is 3.59. The number of nitrogens with two attached hydrogens (primary N) is 1. The van der Waals surface area contributed by atoms with E-state index in [1.54, 1.807) is 10.9 Å². The van der Waals surface area contributed by atoms with Gasteiger partial charge in [-0.3, -0.25) is 0 Å². The van der Waals surface area contributed by atoms with Gasteiger partial charge in [0.25, 0.3) is 0 Å². The Labute approximate surface area is 182 Å². The van der Waals surface area contributed by atoms with Gasteiger partial charge < -0.3 is 29.6 Å². The number of aromatic nitrogens is 4. The number of nitrogens with zero attached hydrogens (tertiary/aromatic N) is 4. The first-order valence-electron chi connectivity index (χ1n) is 9.31. The van der Waals surface area contributed by atoms with Crippen LogP contribution in [0.2, 0.25) is 5.28 Å². The maximum atomic E-state index is 10.9. The summed E-state index contributed by atoms with van der Waals surface area (Å²) >= 11 is 13.0. The molecule has 29 heavy (non-hydrogen) atoms. The topological polar surface area (TPSA) is 129 Å². The van der Waals surface area contributed by atoms with Crippen LogP contribution in [-0.4, -0.2) is 60.9 Å². The van der Waals surface area contributed by atoms with E-state index in [2.05, 4.69) is 15.0 Å².